The van der Waals surface area contributed by atoms with Gasteiger partial charge in [0.2, 0.25) is 11.8 Å². The van der Waals surface area contributed by atoms with Crippen LogP contribution in [0.4, 0.5) is 11.6 Å². The molecule has 1 fully saturated rings. The van der Waals surface area contributed by atoms with Crippen molar-refractivity contribution in [3.05, 3.63) is 35.0 Å². The fraction of sp³-hybridized carbons (Fsp3) is 0.444. The predicted octanol–water partition coefficient (Wildman–Crippen LogP) is 1.99. The van der Waals surface area contributed by atoms with Gasteiger partial charge < -0.3 is 20.1 Å². The number of pyridine rings is 1. The van der Waals surface area contributed by atoms with Crippen molar-refractivity contribution in [1.29, 1.82) is 0 Å². The highest BCUT2D eigenvalue weighted by Gasteiger charge is 2.29. The van der Waals surface area contributed by atoms with Gasteiger partial charge in [-0.3, -0.25) is 4.57 Å². The van der Waals surface area contributed by atoms with Crippen molar-refractivity contribution >= 4 is 22.8 Å². The van der Waals surface area contributed by atoms with Crippen LogP contribution in [-0.4, -0.2) is 43.3 Å². The molecule has 0 radical (unpaired) electrons. The Labute approximate surface area is 155 Å². The van der Waals surface area contributed by atoms with Crippen LogP contribution >= 0.6 is 0 Å². The van der Waals surface area contributed by atoms with Crippen LogP contribution in [0.1, 0.15) is 31.7 Å². The number of nitrogens with one attached hydrogen (secondary N) is 2. The molecule has 1 aliphatic rings. The molecule has 2 unspecified atom stereocenters. The Kier molecular flexibility index (Phi) is 4.76. The lowest BCUT2D eigenvalue weighted by molar-refractivity contribution is 0.139. The summed E-state index contributed by atoms with van der Waals surface area (Å²) >= 11 is 0. The third-order valence-electron chi connectivity index (χ3n) is 5.10. The summed E-state index contributed by atoms with van der Waals surface area (Å²) in [5, 5.41) is 12.8. The topological polar surface area (TPSA) is 118 Å². The highest BCUT2D eigenvalue weighted by Crippen LogP contribution is 2.34. The number of hydrogen-bond acceptors (Lipinski definition) is 7. The van der Waals surface area contributed by atoms with Crippen molar-refractivity contribution in [2.75, 3.05) is 19.0 Å². The minimum absolute atomic E-state index is 0.0558. The minimum Gasteiger partial charge on any atom is -0.480 e. The average Bonchev–Trinajstić information content (AvgIpc) is 3.03. The number of fused-ring (bicyclic) bond motifs is 1. The summed E-state index contributed by atoms with van der Waals surface area (Å²) in [5.74, 6) is 0.832. The molecule has 9 heteroatoms. The largest absolute Gasteiger partial charge is 0.480 e. The highest BCUT2D eigenvalue weighted by atomic mass is 16.5. The van der Waals surface area contributed by atoms with Gasteiger partial charge >= 0.3 is 5.69 Å². The van der Waals surface area contributed by atoms with E-state index in [1.165, 1.54) is 0 Å². The van der Waals surface area contributed by atoms with Gasteiger partial charge in [0.25, 0.3) is 0 Å². The summed E-state index contributed by atoms with van der Waals surface area (Å²) in [7, 11) is 1.54. The summed E-state index contributed by atoms with van der Waals surface area (Å²) in [6.45, 7) is 0.0624. The molecule has 0 amide bonds. The number of hydrogen-bond donors (Lipinski definition) is 3. The number of aliphatic hydroxyl groups is 1. The number of rotatable bonds is 5. The van der Waals surface area contributed by atoms with Crippen LogP contribution in [0.3, 0.4) is 0 Å². The minimum atomic E-state index is -0.222. The Morgan fingerprint density at radius 3 is 3.04 bits per heavy atom. The van der Waals surface area contributed by atoms with Crippen LogP contribution in [0, 0.1) is 5.92 Å². The molecular formula is C18H22N6O3. The number of ether oxygens (including phenoxy) is 1. The number of H-pyrrole nitrogens is 1. The summed E-state index contributed by atoms with van der Waals surface area (Å²) in [6.07, 6.45) is 7.08. The molecule has 1 saturated carbocycles. The van der Waals surface area contributed by atoms with E-state index in [4.69, 9.17) is 4.74 Å². The molecule has 0 spiro atoms. The molecule has 0 aromatic carbocycles. The zero-order valence-corrected chi connectivity index (χ0v) is 15.1. The molecule has 9 nitrogen and oxygen atoms in total. The Bertz CT molecular complexity index is 998. The second kappa shape index (κ2) is 7.36. The molecule has 1 aliphatic carbocycles. The van der Waals surface area contributed by atoms with Crippen molar-refractivity contribution < 1.29 is 9.84 Å². The Morgan fingerprint density at radius 2 is 2.22 bits per heavy atom. The molecule has 27 heavy (non-hydrogen) atoms. The Morgan fingerprint density at radius 1 is 1.37 bits per heavy atom. The van der Waals surface area contributed by atoms with Crippen molar-refractivity contribution in [2.24, 2.45) is 5.92 Å². The van der Waals surface area contributed by atoms with Crippen molar-refractivity contribution in [1.82, 2.24) is 24.5 Å². The lowest BCUT2D eigenvalue weighted by atomic mass is 9.85. The van der Waals surface area contributed by atoms with Gasteiger partial charge in [-0.05, 0) is 25.0 Å². The molecule has 0 bridgehead atoms. The Hall–Kier alpha value is -2.94. The fourth-order valence-corrected chi connectivity index (χ4v) is 3.79. The monoisotopic (exact) mass is 370 g/mol. The summed E-state index contributed by atoms with van der Waals surface area (Å²) in [4.78, 5) is 28.4. The van der Waals surface area contributed by atoms with Crippen LogP contribution in [0.15, 0.2) is 29.3 Å². The fourth-order valence-electron chi connectivity index (χ4n) is 3.79. The van der Waals surface area contributed by atoms with Crippen LogP contribution in [0.5, 0.6) is 5.88 Å². The molecule has 0 saturated heterocycles. The third-order valence-corrected chi connectivity index (χ3v) is 5.10. The maximum absolute atomic E-state index is 12.6. The molecule has 142 valence electrons. The third kappa shape index (κ3) is 3.25. The van der Waals surface area contributed by atoms with E-state index in [9.17, 15) is 9.90 Å². The molecule has 3 aromatic heterocycles. The van der Waals surface area contributed by atoms with Gasteiger partial charge in [0.05, 0.1) is 13.3 Å². The smallest absolute Gasteiger partial charge is 0.327 e. The molecule has 3 aromatic rings. The lowest BCUT2D eigenvalue weighted by Crippen LogP contribution is -2.32. The second-order valence-electron chi connectivity index (χ2n) is 6.71. The van der Waals surface area contributed by atoms with E-state index < -0.39 is 0 Å². The Balaban J connectivity index is 1.74. The predicted molar refractivity (Wildman–Crippen MR) is 100 cm³/mol. The lowest BCUT2D eigenvalue weighted by Gasteiger charge is -2.30. The number of anilines is 2. The van der Waals surface area contributed by atoms with Crippen LogP contribution < -0.4 is 15.7 Å². The molecular weight excluding hydrogens is 348 g/mol. The second-order valence-corrected chi connectivity index (χ2v) is 6.71. The van der Waals surface area contributed by atoms with E-state index in [0.717, 1.165) is 25.7 Å². The SMILES string of the molecule is COc1ncccc1Nc1ncc2[nH]c(=O)n(C3CCCCC3CO)c2n1. The van der Waals surface area contributed by atoms with E-state index in [-0.39, 0.29) is 24.3 Å². The van der Waals surface area contributed by atoms with Crippen LogP contribution in [0.25, 0.3) is 11.2 Å². The summed E-state index contributed by atoms with van der Waals surface area (Å²) in [5.41, 5.74) is 1.52. The van der Waals surface area contributed by atoms with Gasteiger partial charge in [0, 0.05) is 24.8 Å². The van der Waals surface area contributed by atoms with Gasteiger partial charge in [-0.15, -0.1) is 0 Å². The van der Waals surface area contributed by atoms with Gasteiger partial charge in [-0.25, -0.2) is 14.8 Å². The molecule has 0 aliphatic heterocycles. The summed E-state index contributed by atoms with van der Waals surface area (Å²) in [6, 6.07) is 3.52. The number of aromatic nitrogens is 5. The van der Waals surface area contributed by atoms with Crippen molar-refractivity contribution in [3.63, 3.8) is 0 Å². The summed E-state index contributed by atoms with van der Waals surface area (Å²) < 4.78 is 6.91. The van der Waals surface area contributed by atoms with Crippen LogP contribution in [-0.2, 0) is 0 Å². The van der Waals surface area contributed by atoms with E-state index in [0.29, 0.717) is 28.7 Å². The van der Waals surface area contributed by atoms with Crippen molar-refractivity contribution in [2.45, 2.75) is 31.7 Å². The zero-order valence-electron chi connectivity index (χ0n) is 15.1. The first kappa shape index (κ1) is 17.5. The van der Waals surface area contributed by atoms with Gasteiger partial charge in [0.1, 0.15) is 11.2 Å². The van der Waals surface area contributed by atoms with E-state index >= 15 is 0 Å². The molecule has 2 atom stereocenters. The number of nitrogens with zero attached hydrogens (tertiary/aromatic N) is 4. The number of methoxy groups -OCH3 is 1. The van der Waals surface area contributed by atoms with Gasteiger partial charge in [-0.2, -0.15) is 4.98 Å². The highest BCUT2D eigenvalue weighted by molar-refractivity contribution is 5.72. The normalized spacial score (nSPS) is 19.9. The van der Waals surface area contributed by atoms with Gasteiger partial charge in [-0.1, -0.05) is 12.8 Å². The number of aliphatic hydroxyl groups excluding tert-OH is 1. The van der Waals surface area contributed by atoms with Crippen molar-refractivity contribution in [3.8, 4) is 5.88 Å². The number of imidazole rings is 1. The standard InChI is InChI=1S/C18H22N6O3/c1-27-16-12(6-4-8-19-16)21-17-20-9-13-15(23-17)24(18(26)22-13)14-7-3-2-5-11(14)10-25/h4,6,8-9,11,14,25H,2-3,5,7,10H2,1H3,(H,22,26)(H,20,21,23). The van der Waals surface area contributed by atoms with E-state index in [1.54, 1.807) is 30.1 Å². The average molecular weight is 370 g/mol. The van der Waals surface area contributed by atoms with E-state index in [2.05, 4.69) is 25.3 Å². The van der Waals surface area contributed by atoms with E-state index in [1.807, 2.05) is 6.07 Å². The molecule has 3 heterocycles. The molecule has 3 N–H and O–H groups in total. The first-order chi connectivity index (χ1) is 13.2. The number of aromatic amines is 1. The van der Waals surface area contributed by atoms with Gasteiger partial charge in [0.15, 0.2) is 5.65 Å². The maximum Gasteiger partial charge on any atom is 0.327 e. The maximum atomic E-state index is 12.6. The zero-order chi connectivity index (χ0) is 18.8. The molecule has 4 rings (SSSR count). The first-order valence-electron chi connectivity index (χ1n) is 9.05. The quantitative estimate of drug-likeness (QED) is 0.628. The van der Waals surface area contributed by atoms with Crippen LogP contribution in [0.2, 0.25) is 0 Å². The first-order valence-corrected chi connectivity index (χ1v) is 9.05.